The van der Waals surface area contributed by atoms with Crippen molar-refractivity contribution >= 4 is 11.3 Å². The molecule has 1 unspecified atom stereocenters. The molecule has 0 spiro atoms. The van der Waals surface area contributed by atoms with Crippen molar-refractivity contribution in [1.82, 2.24) is 0 Å². The van der Waals surface area contributed by atoms with Crippen molar-refractivity contribution in [3.8, 4) is 0 Å². The van der Waals surface area contributed by atoms with Gasteiger partial charge in [-0.3, -0.25) is 0 Å². The maximum Gasteiger partial charge on any atom is 0.113 e. The van der Waals surface area contributed by atoms with E-state index in [1.165, 1.54) is 10.4 Å². The molecule has 0 saturated carbocycles. The summed E-state index contributed by atoms with van der Waals surface area (Å²) in [5.74, 6) is 0. The van der Waals surface area contributed by atoms with Crippen LogP contribution in [-0.4, -0.2) is 5.11 Å². The summed E-state index contributed by atoms with van der Waals surface area (Å²) >= 11 is 1.71. The van der Waals surface area contributed by atoms with Gasteiger partial charge in [-0.1, -0.05) is 52.0 Å². The predicted molar refractivity (Wildman–Crippen MR) is 82.9 cm³/mol. The van der Waals surface area contributed by atoms with E-state index in [0.717, 1.165) is 16.9 Å². The van der Waals surface area contributed by atoms with Gasteiger partial charge in [-0.15, -0.1) is 11.3 Å². The van der Waals surface area contributed by atoms with Crippen LogP contribution < -0.4 is 0 Å². The average molecular weight is 274 g/mol. The predicted octanol–water partition coefficient (Wildman–Crippen LogP) is 4.69. The number of aryl methyl sites for hydroxylation is 1. The molecule has 1 N–H and O–H groups in total. The zero-order chi connectivity index (χ0) is 14.0. The smallest absolute Gasteiger partial charge is 0.113 e. The molecule has 0 radical (unpaired) electrons. The molecule has 0 amide bonds. The summed E-state index contributed by atoms with van der Waals surface area (Å²) in [5, 5.41) is 10.7. The van der Waals surface area contributed by atoms with Crippen molar-refractivity contribution in [3.63, 3.8) is 0 Å². The number of hydrogen-bond acceptors (Lipinski definition) is 2. The molecule has 0 aliphatic carbocycles. The van der Waals surface area contributed by atoms with Crippen LogP contribution in [0, 0.1) is 0 Å². The highest BCUT2D eigenvalue weighted by molar-refractivity contribution is 7.12. The van der Waals surface area contributed by atoms with Crippen LogP contribution in [0.5, 0.6) is 0 Å². The van der Waals surface area contributed by atoms with Gasteiger partial charge in [-0.05, 0) is 35.1 Å². The van der Waals surface area contributed by atoms with Crippen LogP contribution in [-0.2, 0) is 11.8 Å². The molecule has 0 aliphatic rings. The summed E-state index contributed by atoms with van der Waals surface area (Å²) in [6, 6.07) is 12.4. The van der Waals surface area contributed by atoms with Crippen LogP contribution in [0.3, 0.4) is 0 Å². The van der Waals surface area contributed by atoms with Crippen molar-refractivity contribution in [2.24, 2.45) is 0 Å². The third-order valence-electron chi connectivity index (χ3n) is 3.36. The third-order valence-corrected chi connectivity index (χ3v) is 4.65. The Hall–Kier alpha value is -1.12. The first-order valence-electron chi connectivity index (χ1n) is 6.79. The first kappa shape index (κ1) is 14.3. The molecule has 1 atom stereocenters. The number of aliphatic hydroxyl groups is 1. The van der Waals surface area contributed by atoms with E-state index in [-0.39, 0.29) is 5.41 Å². The number of benzene rings is 1. The highest BCUT2D eigenvalue weighted by Gasteiger charge is 2.22. The topological polar surface area (TPSA) is 20.2 Å². The maximum atomic E-state index is 10.7. The van der Waals surface area contributed by atoms with Crippen LogP contribution in [0.2, 0.25) is 0 Å². The molecular formula is C17H22OS. The van der Waals surface area contributed by atoms with E-state index in [9.17, 15) is 5.11 Å². The number of aliphatic hydroxyl groups excluding tert-OH is 1. The molecule has 102 valence electrons. The lowest BCUT2D eigenvalue weighted by atomic mass is 9.82. The molecule has 2 heteroatoms. The molecule has 0 saturated heterocycles. The molecule has 19 heavy (non-hydrogen) atoms. The van der Waals surface area contributed by atoms with Gasteiger partial charge in [0, 0.05) is 9.75 Å². The van der Waals surface area contributed by atoms with Gasteiger partial charge in [-0.2, -0.15) is 0 Å². The van der Waals surface area contributed by atoms with E-state index < -0.39 is 6.10 Å². The fraction of sp³-hybridized carbons (Fsp3) is 0.412. The van der Waals surface area contributed by atoms with E-state index >= 15 is 0 Å². The fourth-order valence-electron chi connectivity index (χ4n) is 2.30. The Morgan fingerprint density at radius 3 is 2.37 bits per heavy atom. The Morgan fingerprint density at radius 1 is 1.11 bits per heavy atom. The van der Waals surface area contributed by atoms with Crippen LogP contribution in [0.25, 0.3) is 0 Å². The summed E-state index contributed by atoms with van der Waals surface area (Å²) in [5.41, 5.74) is 2.29. The molecule has 2 aromatic rings. The van der Waals surface area contributed by atoms with Gasteiger partial charge in [0.1, 0.15) is 6.10 Å². The van der Waals surface area contributed by atoms with Crippen molar-refractivity contribution in [2.45, 2.75) is 45.6 Å². The van der Waals surface area contributed by atoms with Gasteiger partial charge in [0.2, 0.25) is 0 Å². The Kier molecular flexibility index (Phi) is 4.12. The van der Waals surface area contributed by atoms with Crippen LogP contribution in [0.1, 0.15) is 54.7 Å². The van der Waals surface area contributed by atoms with Crippen molar-refractivity contribution in [2.75, 3.05) is 0 Å². The van der Waals surface area contributed by atoms with Gasteiger partial charge in [0.05, 0.1) is 0 Å². The van der Waals surface area contributed by atoms with Gasteiger partial charge < -0.3 is 5.11 Å². The van der Waals surface area contributed by atoms with Crippen LogP contribution in [0.15, 0.2) is 36.4 Å². The normalized spacial score (nSPS) is 13.5. The number of hydrogen-bond donors (Lipinski definition) is 1. The monoisotopic (exact) mass is 274 g/mol. The molecule has 0 bridgehead atoms. The minimum absolute atomic E-state index is 0.0441. The molecular weight excluding hydrogens is 252 g/mol. The Bertz CT molecular complexity index is 548. The lowest BCUT2D eigenvalue weighted by molar-refractivity contribution is 0.221. The molecule has 1 heterocycles. The SMILES string of the molecule is CCc1ccc(C(O)c2ccccc2C(C)(C)C)s1. The van der Waals surface area contributed by atoms with E-state index in [1.54, 1.807) is 11.3 Å². The minimum Gasteiger partial charge on any atom is -0.383 e. The van der Waals surface area contributed by atoms with Crippen molar-refractivity contribution in [3.05, 3.63) is 57.3 Å². The average Bonchev–Trinajstić information content (AvgIpc) is 2.85. The molecule has 1 aromatic heterocycles. The quantitative estimate of drug-likeness (QED) is 0.861. The van der Waals surface area contributed by atoms with Crippen LogP contribution >= 0.6 is 11.3 Å². The second kappa shape index (κ2) is 5.48. The molecule has 2 rings (SSSR count). The summed E-state index contributed by atoms with van der Waals surface area (Å²) in [7, 11) is 0. The van der Waals surface area contributed by atoms with Gasteiger partial charge in [0.15, 0.2) is 0 Å². The van der Waals surface area contributed by atoms with Gasteiger partial charge in [-0.25, -0.2) is 0 Å². The molecule has 0 aliphatic heterocycles. The summed E-state index contributed by atoms with van der Waals surface area (Å²) in [4.78, 5) is 2.36. The van der Waals surface area contributed by atoms with Crippen molar-refractivity contribution in [1.29, 1.82) is 0 Å². The van der Waals surface area contributed by atoms with Gasteiger partial charge >= 0.3 is 0 Å². The van der Waals surface area contributed by atoms with E-state index in [1.807, 2.05) is 24.3 Å². The van der Waals surface area contributed by atoms with Crippen LogP contribution in [0.4, 0.5) is 0 Å². The number of thiophene rings is 1. The molecule has 1 nitrogen and oxygen atoms in total. The second-order valence-corrected chi connectivity index (χ2v) is 7.10. The van der Waals surface area contributed by atoms with Gasteiger partial charge in [0.25, 0.3) is 0 Å². The summed E-state index contributed by atoms with van der Waals surface area (Å²) < 4.78 is 0. The highest BCUT2D eigenvalue weighted by atomic mass is 32.1. The first-order chi connectivity index (χ1) is 8.93. The third kappa shape index (κ3) is 3.07. The Balaban J connectivity index is 2.41. The Morgan fingerprint density at radius 2 is 1.79 bits per heavy atom. The molecule has 0 fully saturated rings. The molecule has 1 aromatic carbocycles. The van der Waals surface area contributed by atoms with E-state index in [4.69, 9.17) is 0 Å². The fourth-order valence-corrected chi connectivity index (χ4v) is 3.26. The summed E-state index contributed by atoms with van der Waals surface area (Å²) in [6.45, 7) is 8.70. The van der Waals surface area contributed by atoms with E-state index in [0.29, 0.717) is 0 Å². The number of rotatable bonds is 3. The zero-order valence-corrected chi connectivity index (χ0v) is 12.9. The van der Waals surface area contributed by atoms with E-state index in [2.05, 4.69) is 39.8 Å². The lowest BCUT2D eigenvalue weighted by Gasteiger charge is -2.25. The van der Waals surface area contributed by atoms with Crippen molar-refractivity contribution < 1.29 is 5.11 Å². The summed E-state index contributed by atoms with van der Waals surface area (Å²) in [6.07, 6.45) is 0.513. The maximum absolute atomic E-state index is 10.7. The lowest BCUT2D eigenvalue weighted by Crippen LogP contribution is -2.16. The first-order valence-corrected chi connectivity index (χ1v) is 7.61. The highest BCUT2D eigenvalue weighted by Crippen LogP contribution is 2.35. The largest absolute Gasteiger partial charge is 0.383 e. The minimum atomic E-state index is -0.513. The Labute approximate surface area is 119 Å². The second-order valence-electron chi connectivity index (χ2n) is 5.90. The zero-order valence-electron chi connectivity index (χ0n) is 12.1. The standard InChI is InChI=1S/C17H22OS/c1-5-12-10-11-15(19-12)16(18)13-8-6-7-9-14(13)17(2,3)4/h6-11,16,18H,5H2,1-4H3.